The highest BCUT2D eigenvalue weighted by Gasteiger charge is 2.44. The molecule has 6 nitrogen and oxygen atoms in total. The van der Waals surface area contributed by atoms with Crippen LogP contribution in [0, 0.1) is 5.92 Å². The molecule has 4 rings (SSSR count). The van der Waals surface area contributed by atoms with Crippen molar-refractivity contribution in [2.75, 3.05) is 13.2 Å². The van der Waals surface area contributed by atoms with Gasteiger partial charge in [0.2, 0.25) is 9.84 Å². The highest BCUT2D eigenvalue weighted by Crippen LogP contribution is 2.41. The molecule has 2 aromatic carbocycles. The maximum atomic E-state index is 13.3. The Bertz CT molecular complexity index is 1260. The fourth-order valence-electron chi connectivity index (χ4n) is 3.84. The van der Waals surface area contributed by atoms with Crippen LogP contribution in [0.3, 0.4) is 0 Å². The Labute approximate surface area is 175 Å². The second-order valence-electron chi connectivity index (χ2n) is 7.24. The van der Waals surface area contributed by atoms with E-state index >= 15 is 0 Å². The van der Waals surface area contributed by atoms with Gasteiger partial charge >= 0.3 is 0 Å². The molecular formula is C22H20O6S2. The fraction of sp³-hybridized carbons (Fsp3) is 0.227. The van der Waals surface area contributed by atoms with Crippen molar-refractivity contribution in [2.45, 2.75) is 22.0 Å². The van der Waals surface area contributed by atoms with E-state index in [1.54, 1.807) is 43.3 Å². The molecule has 2 unspecified atom stereocenters. The van der Waals surface area contributed by atoms with Crippen molar-refractivity contribution in [1.29, 1.82) is 0 Å². The van der Waals surface area contributed by atoms with Crippen molar-refractivity contribution >= 4 is 25.5 Å². The summed E-state index contributed by atoms with van der Waals surface area (Å²) in [7, 11) is -7.86. The molecular weight excluding hydrogens is 424 g/mol. The third kappa shape index (κ3) is 3.34. The first-order valence-corrected chi connectivity index (χ1v) is 12.4. The number of carbonyl (C=O) groups excluding carboxylic acids is 1. The van der Waals surface area contributed by atoms with Crippen molar-refractivity contribution in [3.8, 4) is 0 Å². The van der Waals surface area contributed by atoms with Gasteiger partial charge in [0, 0.05) is 5.92 Å². The number of ketones is 1. The largest absolute Gasteiger partial charge is 0.374 e. The van der Waals surface area contributed by atoms with Gasteiger partial charge in [-0.05, 0) is 41.5 Å². The molecule has 1 heterocycles. The molecule has 2 aromatic rings. The third-order valence-electron chi connectivity index (χ3n) is 5.44. The minimum Gasteiger partial charge on any atom is -0.374 e. The van der Waals surface area contributed by atoms with Gasteiger partial charge in [0.25, 0.3) is 0 Å². The number of rotatable bonds is 4. The summed E-state index contributed by atoms with van der Waals surface area (Å²) in [5.41, 5.74) is 0.453. The summed E-state index contributed by atoms with van der Waals surface area (Å²) in [6.07, 6.45) is 1.26. The van der Waals surface area contributed by atoms with Gasteiger partial charge in [0.15, 0.2) is 15.6 Å². The Morgan fingerprint density at radius 2 is 1.43 bits per heavy atom. The molecule has 0 N–H and O–H groups in total. The van der Waals surface area contributed by atoms with Crippen LogP contribution in [0.2, 0.25) is 0 Å². The topological polar surface area (TPSA) is 94.6 Å². The van der Waals surface area contributed by atoms with Gasteiger partial charge in [-0.3, -0.25) is 4.79 Å². The monoisotopic (exact) mass is 444 g/mol. The van der Waals surface area contributed by atoms with Crippen LogP contribution in [0.1, 0.15) is 6.92 Å². The number of hydrogen-bond acceptors (Lipinski definition) is 6. The van der Waals surface area contributed by atoms with E-state index in [-0.39, 0.29) is 44.8 Å². The molecule has 0 bridgehead atoms. The molecule has 8 heteroatoms. The van der Waals surface area contributed by atoms with Crippen LogP contribution in [0.5, 0.6) is 0 Å². The first kappa shape index (κ1) is 20.7. The number of sulfone groups is 2. The van der Waals surface area contributed by atoms with Crippen molar-refractivity contribution in [1.82, 2.24) is 0 Å². The van der Waals surface area contributed by atoms with E-state index in [1.807, 2.05) is 0 Å². The van der Waals surface area contributed by atoms with Crippen molar-refractivity contribution < 1.29 is 26.4 Å². The van der Waals surface area contributed by atoms with Crippen LogP contribution in [-0.4, -0.2) is 41.1 Å². The summed E-state index contributed by atoms with van der Waals surface area (Å²) < 4.78 is 58.9. The predicted octanol–water partition coefficient (Wildman–Crippen LogP) is 2.73. The van der Waals surface area contributed by atoms with E-state index in [9.17, 15) is 21.6 Å². The molecule has 0 aromatic heterocycles. The lowest BCUT2D eigenvalue weighted by atomic mass is 9.98. The van der Waals surface area contributed by atoms with Crippen molar-refractivity contribution in [2.24, 2.45) is 5.92 Å². The molecule has 0 spiro atoms. The normalized spacial score (nSPS) is 22.4. The summed E-state index contributed by atoms with van der Waals surface area (Å²) in [5, 5.41) is -1.16. The van der Waals surface area contributed by atoms with Crippen molar-refractivity contribution in [3.63, 3.8) is 0 Å². The summed E-state index contributed by atoms with van der Waals surface area (Å²) >= 11 is 0. The number of allylic oxidation sites excluding steroid dienone is 2. The zero-order valence-corrected chi connectivity index (χ0v) is 17.8. The number of hydrogen-bond donors (Lipinski definition) is 0. The SMILES string of the molecule is CC1C(=O)C=C2C1=C(S(=O)(=O)c1ccccc1)COCC2S(=O)(=O)c1ccccc1. The lowest BCUT2D eigenvalue weighted by Crippen LogP contribution is -2.28. The smallest absolute Gasteiger partial charge is 0.205 e. The average molecular weight is 445 g/mol. The quantitative estimate of drug-likeness (QED) is 0.720. The molecule has 0 saturated carbocycles. The van der Waals surface area contributed by atoms with Gasteiger partial charge in [0.05, 0.1) is 27.9 Å². The summed E-state index contributed by atoms with van der Waals surface area (Å²) in [6, 6.07) is 15.8. The maximum Gasteiger partial charge on any atom is 0.205 e. The van der Waals surface area contributed by atoms with E-state index in [2.05, 4.69) is 0 Å². The van der Waals surface area contributed by atoms with Gasteiger partial charge in [0.1, 0.15) is 5.25 Å². The van der Waals surface area contributed by atoms with E-state index in [1.165, 1.54) is 30.3 Å². The number of fused-ring (bicyclic) bond motifs is 1. The van der Waals surface area contributed by atoms with E-state index < -0.39 is 30.8 Å². The zero-order chi connectivity index (χ0) is 21.5. The summed E-state index contributed by atoms with van der Waals surface area (Å²) in [4.78, 5) is 12.7. The van der Waals surface area contributed by atoms with E-state index in [4.69, 9.17) is 4.74 Å². The average Bonchev–Trinajstić information content (AvgIpc) is 2.91. The molecule has 0 amide bonds. The molecule has 156 valence electrons. The number of ether oxygens (including phenoxy) is 1. The van der Waals surface area contributed by atoms with Crippen LogP contribution in [0.25, 0.3) is 0 Å². The minimum atomic E-state index is -3.96. The van der Waals surface area contributed by atoms with Gasteiger partial charge in [-0.25, -0.2) is 16.8 Å². The maximum absolute atomic E-state index is 13.3. The van der Waals surface area contributed by atoms with Crippen LogP contribution < -0.4 is 0 Å². The highest BCUT2D eigenvalue weighted by atomic mass is 32.2. The number of benzene rings is 2. The second kappa shape index (κ2) is 7.61. The van der Waals surface area contributed by atoms with E-state index in [0.29, 0.717) is 0 Å². The summed E-state index contributed by atoms with van der Waals surface area (Å²) in [6.45, 7) is 1.07. The van der Waals surface area contributed by atoms with Crippen LogP contribution in [0.4, 0.5) is 0 Å². The summed E-state index contributed by atoms with van der Waals surface area (Å²) in [5.74, 6) is -1.07. The zero-order valence-electron chi connectivity index (χ0n) is 16.2. The molecule has 0 radical (unpaired) electrons. The molecule has 0 saturated heterocycles. The van der Waals surface area contributed by atoms with Gasteiger partial charge in [-0.15, -0.1) is 0 Å². The van der Waals surface area contributed by atoms with E-state index in [0.717, 1.165) is 0 Å². The molecule has 1 aliphatic carbocycles. The molecule has 2 atom stereocenters. The second-order valence-corrected chi connectivity index (χ2v) is 11.3. The molecule has 1 aliphatic heterocycles. The lowest BCUT2D eigenvalue weighted by molar-refractivity contribution is -0.116. The van der Waals surface area contributed by atoms with Gasteiger partial charge < -0.3 is 4.74 Å². The lowest BCUT2D eigenvalue weighted by Gasteiger charge is -2.19. The predicted molar refractivity (Wildman–Crippen MR) is 111 cm³/mol. The van der Waals surface area contributed by atoms with Gasteiger partial charge in [-0.2, -0.15) is 0 Å². The number of carbonyl (C=O) groups is 1. The molecule has 30 heavy (non-hydrogen) atoms. The first-order valence-electron chi connectivity index (χ1n) is 9.40. The minimum absolute atomic E-state index is 0.0518. The molecule has 0 fully saturated rings. The Kier molecular flexibility index (Phi) is 5.25. The Hall–Kier alpha value is -2.55. The highest BCUT2D eigenvalue weighted by molar-refractivity contribution is 7.95. The standard InChI is InChI=1S/C22H20O6S2/c1-15-19(23)12-18-20(29(24,25)16-8-4-2-5-9-16)13-28-14-21(22(15)18)30(26,27)17-10-6-3-7-11-17/h2-12,15,20H,13-14H2,1H3. The van der Waals surface area contributed by atoms with Crippen LogP contribution in [-0.2, 0) is 29.2 Å². The fourth-order valence-corrected chi connectivity index (χ4v) is 7.13. The van der Waals surface area contributed by atoms with Crippen molar-refractivity contribution in [3.05, 3.63) is 82.8 Å². The first-order chi connectivity index (χ1) is 14.2. The van der Waals surface area contributed by atoms with Crippen LogP contribution in [0.15, 0.2) is 92.6 Å². The third-order valence-corrected chi connectivity index (χ3v) is 9.39. The Balaban J connectivity index is 1.90. The van der Waals surface area contributed by atoms with Gasteiger partial charge in [-0.1, -0.05) is 43.3 Å². The Morgan fingerprint density at radius 1 is 0.867 bits per heavy atom. The Morgan fingerprint density at radius 3 is 2.03 bits per heavy atom. The van der Waals surface area contributed by atoms with Crippen LogP contribution >= 0.6 is 0 Å². The molecule has 2 aliphatic rings.